The zero-order valence-corrected chi connectivity index (χ0v) is 20.3. The van der Waals surface area contributed by atoms with Gasteiger partial charge in [0.05, 0.1) is 31.4 Å². The number of aliphatic hydroxyl groups excluding tert-OH is 1. The number of rotatable bonds is 3. The molecule has 0 aliphatic carbocycles. The van der Waals surface area contributed by atoms with Crippen LogP contribution < -0.4 is 0 Å². The lowest BCUT2D eigenvalue weighted by molar-refractivity contribution is -0.131. The van der Waals surface area contributed by atoms with E-state index < -0.39 is 26.1 Å². The summed E-state index contributed by atoms with van der Waals surface area (Å²) < 4.78 is 4.82. The van der Waals surface area contributed by atoms with Crippen LogP contribution in [0.1, 0.15) is 33.2 Å². The second-order valence-corrected chi connectivity index (χ2v) is 14.1. The molecular formula is C26H28N2O4Si. The van der Waals surface area contributed by atoms with Gasteiger partial charge in [-0.1, -0.05) is 50.0 Å². The van der Waals surface area contributed by atoms with Crippen molar-refractivity contribution in [1.29, 1.82) is 0 Å². The van der Waals surface area contributed by atoms with Gasteiger partial charge in [0.2, 0.25) is 0 Å². The Bertz CT molecular complexity index is 1260. The van der Waals surface area contributed by atoms with Gasteiger partial charge in [0.25, 0.3) is 5.91 Å². The molecule has 0 unspecified atom stereocenters. The predicted molar refractivity (Wildman–Crippen MR) is 130 cm³/mol. The summed E-state index contributed by atoms with van der Waals surface area (Å²) in [5.41, 5.74) is 7.41. The molecule has 170 valence electrons. The van der Waals surface area contributed by atoms with E-state index in [2.05, 4.69) is 42.2 Å². The van der Waals surface area contributed by atoms with Gasteiger partial charge in [-0.2, -0.15) is 0 Å². The first kappa shape index (κ1) is 22.8. The molecule has 0 bridgehead atoms. The van der Waals surface area contributed by atoms with Crippen molar-refractivity contribution in [2.45, 2.75) is 38.1 Å². The molecule has 6 nitrogen and oxygen atoms in total. The summed E-state index contributed by atoms with van der Waals surface area (Å²) in [7, 11) is -0.425. The number of methoxy groups -OCH3 is 1. The number of nitrogens with zero attached hydrogens (tertiary/aromatic N) is 1. The van der Waals surface area contributed by atoms with Crippen LogP contribution >= 0.6 is 0 Å². The van der Waals surface area contributed by atoms with Gasteiger partial charge >= 0.3 is 5.97 Å². The van der Waals surface area contributed by atoms with E-state index in [-0.39, 0.29) is 12.5 Å². The summed E-state index contributed by atoms with van der Waals surface area (Å²) in [6.45, 7) is 6.10. The first-order valence-electron chi connectivity index (χ1n) is 11.0. The summed E-state index contributed by atoms with van der Waals surface area (Å²) >= 11 is 0. The van der Waals surface area contributed by atoms with Crippen LogP contribution in [0.25, 0.3) is 10.9 Å². The molecule has 1 aromatic heterocycles. The Kier molecular flexibility index (Phi) is 6.15. The SMILES string of the molecule is COC(=O)c1ccc([C@@H]2c3[nH]c4ccccc4c3C[C@H](CO)N2C(=O)C#C[Si](C)(C)C)cc1. The molecule has 0 radical (unpaired) electrons. The van der Waals surface area contributed by atoms with E-state index in [9.17, 15) is 14.7 Å². The number of aliphatic hydroxyl groups is 1. The number of carbonyl (C=O) groups is 2. The molecule has 0 fully saturated rings. The Hall–Kier alpha value is -3.34. The molecule has 3 aromatic rings. The highest BCUT2D eigenvalue weighted by Gasteiger charge is 2.39. The first-order chi connectivity index (χ1) is 15.7. The lowest BCUT2D eigenvalue weighted by Crippen LogP contribution is -2.49. The number of benzene rings is 2. The number of ether oxygens (including phenoxy) is 1. The van der Waals surface area contributed by atoms with Gasteiger partial charge in [0.15, 0.2) is 0 Å². The quantitative estimate of drug-likeness (QED) is 0.355. The summed E-state index contributed by atoms with van der Waals surface area (Å²) in [5.74, 6) is 2.14. The predicted octanol–water partition coefficient (Wildman–Crippen LogP) is 3.67. The van der Waals surface area contributed by atoms with Crippen molar-refractivity contribution in [1.82, 2.24) is 9.88 Å². The fourth-order valence-corrected chi connectivity index (χ4v) is 4.83. The second kappa shape index (κ2) is 8.89. The topological polar surface area (TPSA) is 82.6 Å². The fraction of sp³-hybridized carbons (Fsp3) is 0.308. The fourth-order valence-electron chi connectivity index (χ4n) is 4.35. The van der Waals surface area contributed by atoms with Crippen molar-refractivity contribution in [2.24, 2.45) is 0 Å². The van der Waals surface area contributed by atoms with Gasteiger partial charge in [0.1, 0.15) is 8.07 Å². The minimum Gasteiger partial charge on any atom is -0.465 e. The summed E-state index contributed by atoms with van der Waals surface area (Å²) in [5, 5.41) is 11.4. The van der Waals surface area contributed by atoms with Crippen LogP contribution in [0.5, 0.6) is 0 Å². The maximum atomic E-state index is 13.4. The van der Waals surface area contributed by atoms with Crippen LogP contribution in [0.2, 0.25) is 19.6 Å². The van der Waals surface area contributed by atoms with E-state index in [0.717, 1.165) is 27.7 Å². The van der Waals surface area contributed by atoms with Gasteiger partial charge in [-0.05, 0) is 41.7 Å². The van der Waals surface area contributed by atoms with Crippen molar-refractivity contribution in [3.63, 3.8) is 0 Å². The first-order valence-corrected chi connectivity index (χ1v) is 14.5. The summed E-state index contributed by atoms with van der Waals surface area (Å²) in [6.07, 6.45) is 0.535. The van der Waals surface area contributed by atoms with Gasteiger partial charge in [-0.3, -0.25) is 4.79 Å². The van der Waals surface area contributed by atoms with Crippen molar-refractivity contribution >= 4 is 30.9 Å². The molecule has 0 saturated heterocycles. The van der Waals surface area contributed by atoms with E-state index in [1.165, 1.54) is 7.11 Å². The smallest absolute Gasteiger partial charge is 0.337 e. The van der Waals surface area contributed by atoms with Crippen LogP contribution in [0.3, 0.4) is 0 Å². The van der Waals surface area contributed by atoms with Crippen LogP contribution in [0, 0.1) is 11.5 Å². The maximum Gasteiger partial charge on any atom is 0.337 e. The molecule has 1 aliphatic rings. The Labute approximate surface area is 194 Å². The van der Waals surface area contributed by atoms with E-state index in [0.29, 0.717) is 12.0 Å². The normalized spacial score (nSPS) is 17.8. The summed E-state index contributed by atoms with van der Waals surface area (Å²) in [6, 6.07) is 14.2. The minimum atomic E-state index is -1.77. The van der Waals surface area contributed by atoms with Crippen LogP contribution in [0.15, 0.2) is 48.5 Å². The highest BCUT2D eigenvalue weighted by Crippen LogP contribution is 2.40. The van der Waals surface area contributed by atoms with Gasteiger partial charge in [-0.15, -0.1) is 5.54 Å². The number of hydrogen-bond donors (Lipinski definition) is 2. The highest BCUT2D eigenvalue weighted by molar-refractivity contribution is 6.84. The molecule has 7 heteroatoms. The molecule has 33 heavy (non-hydrogen) atoms. The third-order valence-corrected chi connectivity index (χ3v) is 6.74. The second-order valence-electron chi connectivity index (χ2n) is 9.33. The maximum absolute atomic E-state index is 13.4. The monoisotopic (exact) mass is 460 g/mol. The van der Waals surface area contributed by atoms with Crippen LogP contribution in [-0.2, 0) is 16.0 Å². The minimum absolute atomic E-state index is 0.171. The zero-order chi connectivity index (χ0) is 23.8. The Morgan fingerprint density at radius 1 is 1.15 bits per heavy atom. The number of fused-ring (bicyclic) bond motifs is 3. The average Bonchev–Trinajstić information content (AvgIpc) is 3.18. The lowest BCUT2D eigenvalue weighted by Gasteiger charge is -2.40. The van der Waals surface area contributed by atoms with Crippen LogP contribution in [0.4, 0.5) is 0 Å². The number of esters is 1. The van der Waals surface area contributed by atoms with Gasteiger partial charge < -0.3 is 19.7 Å². The molecule has 1 aliphatic heterocycles. The van der Waals surface area contributed by atoms with E-state index in [1.807, 2.05) is 30.3 Å². The molecule has 2 heterocycles. The number of para-hydroxylation sites is 1. The van der Waals surface area contributed by atoms with E-state index in [1.54, 1.807) is 17.0 Å². The molecule has 2 aromatic carbocycles. The third-order valence-electron chi connectivity index (χ3n) is 5.87. The van der Waals surface area contributed by atoms with Crippen molar-refractivity contribution in [3.05, 3.63) is 70.9 Å². The van der Waals surface area contributed by atoms with E-state index in [4.69, 9.17) is 4.74 Å². The summed E-state index contributed by atoms with van der Waals surface area (Å²) in [4.78, 5) is 30.5. The number of H-pyrrole nitrogens is 1. The molecule has 4 rings (SSSR count). The number of amides is 1. The molecule has 1 amide bonds. The third kappa shape index (κ3) is 4.45. The molecule has 2 atom stereocenters. The molecule has 0 saturated carbocycles. The van der Waals surface area contributed by atoms with Crippen molar-refractivity contribution in [2.75, 3.05) is 13.7 Å². The number of aromatic nitrogens is 1. The standard InChI is InChI=1S/C26H28N2O4Si/c1-32-26(31)18-11-9-17(10-12-18)25-24-21(20-7-5-6-8-22(20)27-24)15-19(16-29)28(25)23(30)13-14-33(2,3)4/h5-12,19,25,27,29H,15-16H2,1-4H3/t19-,25-/m1/s1. The van der Waals surface area contributed by atoms with Crippen molar-refractivity contribution < 1.29 is 19.4 Å². The Morgan fingerprint density at radius 2 is 1.85 bits per heavy atom. The van der Waals surface area contributed by atoms with Gasteiger partial charge in [0, 0.05) is 16.6 Å². The lowest BCUT2D eigenvalue weighted by atomic mass is 9.88. The van der Waals surface area contributed by atoms with Gasteiger partial charge in [-0.25, -0.2) is 4.79 Å². The largest absolute Gasteiger partial charge is 0.465 e. The van der Waals surface area contributed by atoms with E-state index >= 15 is 0 Å². The number of carbonyl (C=O) groups excluding carboxylic acids is 2. The molecule has 2 N–H and O–H groups in total. The van der Waals surface area contributed by atoms with Crippen molar-refractivity contribution in [3.8, 4) is 11.5 Å². The number of hydrogen-bond acceptors (Lipinski definition) is 4. The molecule has 0 spiro atoms. The molecular weight excluding hydrogens is 432 g/mol. The Balaban J connectivity index is 1.89. The zero-order valence-electron chi connectivity index (χ0n) is 19.3. The number of aromatic amines is 1. The highest BCUT2D eigenvalue weighted by atomic mass is 28.3. The Morgan fingerprint density at radius 3 is 2.48 bits per heavy atom. The number of nitrogens with one attached hydrogen (secondary N) is 1. The average molecular weight is 461 g/mol. The van der Waals surface area contributed by atoms with Crippen LogP contribution in [-0.4, -0.2) is 54.7 Å².